The average molecular weight is 401 g/mol. The highest BCUT2D eigenvalue weighted by Crippen LogP contribution is 2.32. The zero-order valence-corrected chi connectivity index (χ0v) is 16.7. The number of rotatable bonds is 3. The van der Waals surface area contributed by atoms with Crippen LogP contribution in [0.25, 0.3) is 11.0 Å². The Morgan fingerprint density at radius 1 is 1.29 bits per heavy atom. The summed E-state index contributed by atoms with van der Waals surface area (Å²) < 4.78 is 5.90. The van der Waals surface area contributed by atoms with Gasteiger partial charge in [0.15, 0.2) is 0 Å². The molecule has 4 aliphatic heterocycles. The number of nitrogens with one attached hydrogen (secondary N) is 1. The third kappa shape index (κ3) is 3.08. The number of nitrogens with zero attached hydrogens (tertiary/aromatic N) is 3. The topological polar surface area (TPSA) is 78.7 Å². The number of anilines is 1. The Hall–Kier alpha value is -2.06. The lowest BCUT2D eigenvalue weighted by Crippen LogP contribution is -2.62. The Labute approximate surface area is 167 Å². The van der Waals surface area contributed by atoms with Crippen LogP contribution in [-0.4, -0.2) is 64.9 Å². The number of thioether (sulfide) groups is 1. The molecule has 2 aromatic rings. The number of pyridine rings is 1. The molecule has 0 spiro atoms. The molecule has 0 aromatic carbocycles. The van der Waals surface area contributed by atoms with Crippen molar-refractivity contribution in [2.75, 3.05) is 36.0 Å². The molecule has 0 radical (unpaired) electrons. The van der Waals surface area contributed by atoms with Crippen LogP contribution in [0, 0.1) is 5.92 Å². The van der Waals surface area contributed by atoms with Gasteiger partial charge >= 0.3 is 0 Å². The number of furan rings is 1. The maximum atomic E-state index is 12.8. The first-order valence-electron chi connectivity index (χ1n) is 9.93. The van der Waals surface area contributed by atoms with Crippen LogP contribution in [-0.2, 0) is 4.79 Å². The van der Waals surface area contributed by atoms with Crippen molar-refractivity contribution < 1.29 is 14.0 Å². The zero-order valence-electron chi connectivity index (χ0n) is 15.9. The molecular weight excluding hydrogens is 376 g/mol. The fourth-order valence-electron chi connectivity index (χ4n) is 4.70. The number of hydrogen-bond acceptors (Lipinski definition) is 6. The number of carbonyl (C=O) groups is 2. The van der Waals surface area contributed by atoms with Gasteiger partial charge in [0.1, 0.15) is 11.3 Å². The lowest BCUT2D eigenvalue weighted by atomic mass is 9.79. The number of amides is 2. The minimum Gasteiger partial charge on any atom is -0.440 e. The molecule has 2 bridgehead atoms. The zero-order chi connectivity index (χ0) is 19.3. The standard InChI is InChI=1S/C20H24N4O3S/c1-12-19(13-2-4-23(12)5-3-13)22-20(26)15-9-16-14(10-21-15)8-18(27-16)24-6-7-28-11-17(24)25/h8-10,12-13,19H,2-7,11H2,1H3,(H,22,26). The van der Waals surface area contributed by atoms with E-state index in [1.165, 1.54) is 0 Å². The number of aromatic nitrogens is 1. The van der Waals surface area contributed by atoms with Gasteiger partial charge in [-0.2, -0.15) is 11.8 Å². The molecule has 6 rings (SSSR count). The highest BCUT2D eigenvalue weighted by atomic mass is 32.2. The maximum absolute atomic E-state index is 12.8. The largest absolute Gasteiger partial charge is 0.440 e. The molecule has 148 valence electrons. The SMILES string of the molecule is CC1C(NC(=O)c2cc3oc(N4CCSCC4=O)cc3cn2)C2CCN1CC2. The molecule has 28 heavy (non-hydrogen) atoms. The molecule has 2 amide bonds. The molecule has 6 heterocycles. The van der Waals surface area contributed by atoms with E-state index in [0.29, 0.717) is 41.4 Å². The first-order chi connectivity index (χ1) is 13.6. The Bertz CT molecular complexity index is 919. The number of carbonyl (C=O) groups excluding carboxylic acids is 2. The van der Waals surface area contributed by atoms with Crippen molar-refractivity contribution in [3.63, 3.8) is 0 Å². The van der Waals surface area contributed by atoms with E-state index in [-0.39, 0.29) is 17.9 Å². The first-order valence-corrected chi connectivity index (χ1v) is 11.1. The average Bonchev–Trinajstić information content (AvgIpc) is 3.14. The molecular formula is C20H24N4O3S. The van der Waals surface area contributed by atoms with Gasteiger partial charge in [0, 0.05) is 48.1 Å². The maximum Gasteiger partial charge on any atom is 0.270 e. The van der Waals surface area contributed by atoms with E-state index in [2.05, 4.69) is 22.1 Å². The summed E-state index contributed by atoms with van der Waals surface area (Å²) in [6.07, 6.45) is 3.94. The summed E-state index contributed by atoms with van der Waals surface area (Å²) in [5, 5.41) is 4.01. The van der Waals surface area contributed by atoms with E-state index in [9.17, 15) is 9.59 Å². The Morgan fingerprint density at radius 2 is 2.11 bits per heavy atom. The smallest absolute Gasteiger partial charge is 0.270 e. The molecule has 4 saturated heterocycles. The minimum atomic E-state index is -0.157. The molecule has 4 fully saturated rings. The van der Waals surface area contributed by atoms with E-state index in [4.69, 9.17) is 4.42 Å². The van der Waals surface area contributed by atoms with Gasteiger partial charge in [-0.05, 0) is 38.8 Å². The van der Waals surface area contributed by atoms with Gasteiger partial charge in [0.25, 0.3) is 5.91 Å². The van der Waals surface area contributed by atoms with Crippen LogP contribution in [0.2, 0.25) is 0 Å². The van der Waals surface area contributed by atoms with Crippen LogP contribution in [0.15, 0.2) is 22.7 Å². The Kier molecular flexibility index (Phi) is 4.55. The second kappa shape index (κ2) is 7.08. The summed E-state index contributed by atoms with van der Waals surface area (Å²) >= 11 is 1.63. The Balaban J connectivity index is 1.36. The summed E-state index contributed by atoms with van der Waals surface area (Å²) in [6.45, 7) is 5.10. The van der Waals surface area contributed by atoms with Crippen molar-refractivity contribution in [3.05, 3.63) is 24.0 Å². The molecule has 4 aliphatic rings. The van der Waals surface area contributed by atoms with Crippen LogP contribution in [0.3, 0.4) is 0 Å². The van der Waals surface area contributed by atoms with Crippen molar-refractivity contribution >= 4 is 40.4 Å². The lowest BCUT2D eigenvalue weighted by Gasteiger charge is -2.49. The van der Waals surface area contributed by atoms with E-state index < -0.39 is 0 Å². The molecule has 0 aliphatic carbocycles. The van der Waals surface area contributed by atoms with Gasteiger partial charge in [0.2, 0.25) is 11.8 Å². The first kappa shape index (κ1) is 18.0. The third-order valence-electron chi connectivity index (χ3n) is 6.35. The molecule has 7 nitrogen and oxygen atoms in total. The Morgan fingerprint density at radius 3 is 2.86 bits per heavy atom. The van der Waals surface area contributed by atoms with Gasteiger partial charge in [-0.1, -0.05) is 0 Å². The van der Waals surface area contributed by atoms with E-state index >= 15 is 0 Å². The molecule has 0 saturated carbocycles. The van der Waals surface area contributed by atoms with Gasteiger partial charge in [0.05, 0.1) is 5.75 Å². The predicted octanol–water partition coefficient (Wildman–Crippen LogP) is 2.12. The lowest BCUT2D eigenvalue weighted by molar-refractivity contribution is -0.116. The van der Waals surface area contributed by atoms with Gasteiger partial charge in [-0.25, -0.2) is 0 Å². The van der Waals surface area contributed by atoms with Gasteiger partial charge < -0.3 is 9.73 Å². The van der Waals surface area contributed by atoms with E-state index in [1.807, 2.05) is 6.07 Å². The second-order valence-corrected chi connectivity index (χ2v) is 9.01. The highest BCUT2D eigenvalue weighted by Gasteiger charge is 2.40. The van der Waals surface area contributed by atoms with Crippen LogP contribution in [0.5, 0.6) is 0 Å². The van der Waals surface area contributed by atoms with Crippen molar-refractivity contribution in [2.24, 2.45) is 5.92 Å². The van der Waals surface area contributed by atoms with Crippen LogP contribution in [0.1, 0.15) is 30.3 Å². The number of hydrogen-bond donors (Lipinski definition) is 1. The van der Waals surface area contributed by atoms with Crippen molar-refractivity contribution in [3.8, 4) is 0 Å². The predicted molar refractivity (Wildman–Crippen MR) is 109 cm³/mol. The summed E-state index contributed by atoms with van der Waals surface area (Å²) in [7, 11) is 0. The van der Waals surface area contributed by atoms with Crippen LogP contribution in [0.4, 0.5) is 5.88 Å². The monoisotopic (exact) mass is 400 g/mol. The van der Waals surface area contributed by atoms with Crippen LogP contribution < -0.4 is 10.2 Å². The summed E-state index contributed by atoms with van der Waals surface area (Å²) in [5.74, 6) is 2.35. The van der Waals surface area contributed by atoms with E-state index in [0.717, 1.165) is 37.1 Å². The molecule has 2 unspecified atom stereocenters. The van der Waals surface area contributed by atoms with Gasteiger partial charge in [-0.15, -0.1) is 0 Å². The molecule has 1 N–H and O–H groups in total. The quantitative estimate of drug-likeness (QED) is 0.850. The fourth-order valence-corrected chi connectivity index (χ4v) is 5.48. The third-order valence-corrected chi connectivity index (χ3v) is 7.27. The second-order valence-electron chi connectivity index (χ2n) is 7.90. The number of fused-ring (bicyclic) bond motifs is 4. The summed E-state index contributed by atoms with van der Waals surface area (Å²) in [4.78, 5) is 33.4. The fraction of sp³-hybridized carbons (Fsp3) is 0.550. The van der Waals surface area contributed by atoms with Crippen LogP contribution >= 0.6 is 11.8 Å². The summed E-state index contributed by atoms with van der Waals surface area (Å²) in [5.41, 5.74) is 0.945. The normalized spacial score (nSPS) is 30.0. The van der Waals surface area contributed by atoms with E-state index in [1.54, 1.807) is 28.9 Å². The molecule has 8 heteroatoms. The van der Waals surface area contributed by atoms with Crippen molar-refractivity contribution in [1.82, 2.24) is 15.2 Å². The number of piperidine rings is 3. The van der Waals surface area contributed by atoms with Crippen molar-refractivity contribution in [2.45, 2.75) is 31.8 Å². The van der Waals surface area contributed by atoms with Gasteiger partial charge in [-0.3, -0.25) is 24.4 Å². The highest BCUT2D eigenvalue weighted by molar-refractivity contribution is 8.00. The summed E-state index contributed by atoms with van der Waals surface area (Å²) in [6, 6.07) is 4.04. The molecule has 2 atom stereocenters. The minimum absolute atomic E-state index is 0.0533. The van der Waals surface area contributed by atoms with Crippen molar-refractivity contribution in [1.29, 1.82) is 0 Å². The molecule has 2 aromatic heterocycles.